The Morgan fingerprint density at radius 1 is 1.03 bits per heavy atom. The number of nitroso groups, excluding NO2 is 1. The van der Waals surface area contributed by atoms with Gasteiger partial charge in [-0.1, -0.05) is 12.1 Å². The van der Waals surface area contributed by atoms with Crippen LogP contribution in [0.25, 0.3) is 10.9 Å². The molecule has 144 valence electrons. The van der Waals surface area contributed by atoms with Gasteiger partial charge in [0.25, 0.3) is 0 Å². The van der Waals surface area contributed by atoms with Crippen LogP contribution >= 0.6 is 11.9 Å². The molecule has 0 aliphatic heterocycles. The topological polar surface area (TPSA) is 115 Å². The highest BCUT2D eigenvalue weighted by Gasteiger charge is 2.12. The molecule has 0 fully saturated rings. The van der Waals surface area contributed by atoms with E-state index in [2.05, 4.69) is 30.1 Å². The summed E-state index contributed by atoms with van der Waals surface area (Å²) in [6.07, 6.45) is 3.51. The number of aromatic amines is 1. The molecule has 9 heteroatoms. The van der Waals surface area contributed by atoms with Gasteiger partial charge in [-0.05, 0) is 65.2 Å². The van der Waals surface area contributed by atoms with Crippen LogP contribution < -0.4 is 4.72 Å². The van der Waals surface area contributed by atoms with Crippen LogP contribution in [0, 0.1) is 4.91 Å². The Kier molecular flexibility index (Phi) is 5.59. The average molecular weight is 404 g/mol. The van der Waals surface area contributed by atoms with E-state index in [-0.39, 0.29) is 11.6 Å². The molecule has 2 aromatic carbocycles. The molecule has 0 bridgehead atoms. The van der Waals surface area contributed by atoms with Crippen molar-refractivity contribution in [3.05, 3.63) is 77.5 Å². The summed E-state index contributed by atoms with van der Waals surface area (Å²) >= 11 is 1.47. The van der Waals surface area contributed by atoms with Crippen LogP contribution in [0.4, 0.5) is 17.1 Å². The fourth-order valence-electron chi connectivity index (χ4n) is 2.74. The number of benzene rings is 2. The average Bonchev–Trinajstić information content (AvgIpc) is 3.07. The SMILES string of the molecule is O=Nc1ccccc1N=Nc1c(O)[nH]c2ccc(SNCc3ccncc3)cc12. The third-order valence-electron chi connectivity index (χ3n) is 4.18. The maximum atomic E-state index is 10.9. The number of nitrogens with one attached hydrogen (secondary N) is 2. The van der Waals surface area contributed by atoms with Crippen LogP contribution in [0.5, 0.6) is 5.88 Å². The van der Waals surface area contributed by atoms with Gasteiger partial charge in [-0.25, -0.2) is 0 Å². The van der Waals surface area contributed by atoms with Crippen molar-refractivity contribution in [1.29, 1.82) is 0 Å². The molecule has 4 aromatic rings. The number of azo groups is 1. The van der Waals surface area contributed by atoms with Crippen molar-refractivity contribution in [3.63, 3.8) is 0 Å². The van der Waals surface area contributed by atoms with E-state index in [0.29, 0.717) is 17.9 Å². The van der Waals surface area contributed by atoms with E-state index in [1.54, 1.807) is 36.7 Å². The zero-order valence-corrected chi connectivity index (χ0v) is 15.9. The number of H-pyrrole nitrogens is 1. The second-order valence-electron chi connectivity index (χ2n) is 6.09. The number of nitrogens with zero attached hydrogens (tertiary/aromatic N) is 4. The Morgan fingerprint density at radius 3 is 2.62 bits per heavy atom. The van der Waals surface area contributed by atoms with Crippen LogP contribution in [0.1, 0.15) is 5.56 Å². The Labute approximate surface area is 170 Å². The molecule has 0 saturated heterocycles. The van der Waals surface area contributed by atoms with Gasteiger partial charge in [-0.3, -0.25) is 9.71 Å². The molecule has 29 heavy (non-hydrogen) atoms. The Morgan fingerprint density at radius 2 is 1.83 bits per heavy atom. The molecule has 0 unspecified atom stereocenters. The lowest BCUT2D eigenvalue weighted by molar-refractivity contribution is 0.459. The van der Waals surface area contributed by atoms with E-state index < -0.39 is 0 Å². The molecule has 0 amide bonds. The minimum atomic E-state index is -0.0906. The Balaban J connectivity index is 1.56. The van der Waals surface area contributed by atoms with Crippen molar-refractivity contribution in [2.24, 2.45) is 15.4 Å². The van der Waals surface area contributed by atoms with Crippen molar-refractivity contribution in [2.45, 2.75) is 11.4 Å². The number of rotatable bonds is 7. The highest BCUT2D eigenvalue weighted by Crippen LogP contribution is 2.39. The smallest absolute Gasteiger partial charge is 0.218 e. The second-order valence-corrected chi connectivity index (χ2v) is 7.05. The summed E-state index contributed by atoms with van der Waals surface area (Å²) in [7, 11) is 0. The van der Waals surface area contributed by atoms with Crippen molar-refractivity contribution >= 4 is 39.9 Å². The first-order valence-electron chi connectivity index (χ1n) is 8.72. The van der Waals surface area contributed by atoms with Gasteiger partial charge >= 0.3 is 0 Å². The number of fused-ring (bicyclic) bond motifs is 1. The van der Waals surface area contributed by atoms with Gasteiger partial charge in [-0.15, -0.1) is 15.1 Å². The van der Waals surface area contributed by atoms with E-state index in [1.165, 1.54) is 11.9 Å². The van der Waals surface area contributed by atoms with E-state index >= 15 is 0 Å². The molecule has 3 N–H and O–H groups in total. The predicted molar refractivity (Wildman–Crippen MR) is 113 cm³/mol. The fraction of sp³-hybridized carbons (Fsp3) is 0.0500. The third kappa shape index (κ3) is 4.31. The summed E-state index contributed by atoms with van der Waals surface area (Å²) in [4.78, 5) is 18.7. The molecule has 0 atom stereocenters. The molecule has 4 rings (SSSR count). The van der Waals surface area contributed by atoms with Gasteiger partial charge in [0.1, 0.15) is 11.4 Å². The summed E-state index contributed by atoms with van der Waals surface area (Å²) < 4.78 is 3.30. The molecule has 0 aliphatic carbocycles. The van der Waals surface area contributed by atoms with E-state index in [4.69, 9.17) is 0 Å². The standard InChI is InChI=1S/C20H16N6O2S/c27-20-19(25-24-17-3-1-2-4-18(17)26-28)15-11-14(5-6-16(15)23-20)29-22-12-13-7-9-21-10-8-13/h1-11,22-23,27H,12H2. The highest BCUT2D eigenvalue weighted by molar-refractivity contribution is 7.97. The van der Waals surface area contributed by atoms with E-state index in [9.17, 15) is 10.0 Å². The molecular formula is C20H16N6O2S. The normalized spacial score (nSPS) is 11.3. The molecule has 2 heterocycles. The number of aromatic nitrogens is 2. The monoisotopic (exact) mass is 404 g/mol. The van der Waals surface area contributed by atoms with Gasteiger partial charge in [0, 0.05) is 29.2 Å². The predicted octanol–water partition coefficient (Wildman–Crippen LogP) is 5.88. The minimum absolute atomic E-state index is 0.0906. The lowest BCUT2D eigenvalue weighted by Crippen LogP contribution is -2.02. The molecule has 0 radical (unpaired) electrons. The van der Waals surface area contributed by atoms with Crippen LogP contribution in [0.3, 0.4) is 0 Å². The highest BCUT2D eigenvalue weighted by atomic mass is 32.2. The zero-order chi connectivity index (χ0) is 20.1. The van der Waals surface area contributed by atoms with Crippen LogP contribution in [0.15, 0.2) is 87.3 Å². The molecule has 0 spiro atoms. The van der Waals surface area contributed by atoms with Crippen LogP contribution in [-0.4, -0.2) is 15.1 Å². The Bertz CT molecular complexity index is 1180. The third-order valence-corrected chi connectivity index (χ3v) is 4.96. The molecule has 8 nitrogen and oxygen atoms in total. The van der Waals surface area contributed by atoms with Gasteiger partial charge in [0.2, 0.25) is 5.88 Å². The Hall–Kier alpha value is -3.56. The maximum absolute atomic E-state index is 10.9. The zero-order valence-electron chi connectivity index (χ0n) is 15.1. The number of pyridine rings is 1. The molecule has 0 aliphatic rings. The van der Waals surface area contributed by atoms with Crippen molar-refractivity contribution in [1.82, 2.24) is 14.7 Å². The summed E-state index contributed by atoms with van der Waals surface area (Å²) in [6.45, 7) is 0.686. The number of aromatic hydroxyl groups is 1. The molecule has 2 aromatic heterocycles. The van der Waals surface area contributed by atoms with Crippen LogP contribution in [-0.2, 0) is 6.54 Å². The summed E-state index contributed by atoms with van der Waals surface area (Å²) in [5, 5.41) is 22.1. The van der Waals surface area contributed by atoms with Gasteiger partial charge in [0.15, 0.2) is 5.69 Å². The number of hydrogen-bond donors (Lipinski definition) is 3. The quantitative estimate of drug-likeness (QED) is 0.202. The van der Waals surface area contributed by atoms with Gasteiger partial charge in [-0.2, -0.15) is 0 Å². The summed E-state index contributed by atoms with van der Waals surface area (Å²) in [6, 6.07) is 16.2. The van der Waals surface area contributed by atoms with Crippen molar-refractivity contribution in [2.75, 3.05) is 0 Å². The number of hydrogen-bond acceptors (Lipinski definition) is 8. The van der Waals surface area contributed by atoms with Crippen molar-refractivity contribution < 1.29 is 5.11 Å². The summed E-state index contributed by atoms with van der Waals surface area (Å²) in [5.74, 6) is -0.0906. The fourth-order valence-corrected chi connectivity index (χ4v) is 3.46. The van der Waals surface area contributed by atoms with Gasteiger partial charge in [0.05, 0.1) is 5.52 Å². The first kappa shape index (κ1) is 18.8. The first-order chi connectivity index (χ1) is 14.2. The van der Waals surface area contributed by atoms with Gasteiger partial charge < -0.3 is 10.1 Å². The van der Waals surface area contributed by atoms with Crippen LogP contribution in [0.2, 0.25) is 0 Å². The van der Waals surface area contributed by atoms with Crippen molar-refractivity contribution in [3.8, 4) is 5.88 Å². The molecular weight excluding hydrogens is 388 g/mol. The summed E-state index contributed by atoms with van der Waals surface area (Å²) in [5.41, 5.74) is 2.69. The lowest BCUT2D eigenvalue weighted by Gasteiger charge is -2.04. The van der Waals surface area contributed by atoms with E-state index in [1.807, 2.05) is 30.3 Å². The first-order valence-corrected chi connectivity index (χ1v) is 9.53. The second kappa shape index (κ2) is 8.63. The minimum Gasteiger partial charge on any atom is -0.493 e. The van der Waals surface area contributed by atoms with E-state index in [0.717, 1.165) is 21.4 Å². The maximum Gasteiger partial charge on any atom is 0.218 e. The molecule has 0 saturated carbocycles. The largest absolute Gasteiger partial charge is 0.493 e. The lowest BCUT2D eigenvalue weighted by atomic mass is 10.2.